The lowest BCUT2D eigenvalue weighted by molar-refractivity contribution is 0.0994. The Morgan fingerprint density at radius 3 is 2.58 bits per heavy atom. The minimum absolute atomic E-state index is 0.0287. The first-order valence-electron chi connectivity index (χ1n) is 7.82. The first-order chi connectivity index (χ1) is 11.2. The van der Waals surface area contributed by atoms with Crippen LogP contribution in [0.1, 0.15) is 48.6 Å². The SMILES string of the molecule is CCn1c(C)c(C(C)(C)C)s/c1=N\C(=O)c1cc(F)ccc1OC. The predicted octanol–water partition coefficient (Wildman–Crippen LogP) is 4.06. The molecule has 2 aromatic rings. The molecule has 0 saturated heterocycles. The molecule has 0 bridgehead atoms. The molecule has 0 N–H and O–H groups in total. The number of thiazole rings is 1. The van der Waals surface area contributed by atoms with Crippen molar-refractivity contribution < 1.29 is 13.9 Å². The molecule has 0 aliphatic heterocycles. The van der Waals surface area contributed by atoms with Gasteiger partial charge in [-0.05, 0) is 37.5 Å². The lowest BCUT2D eigenvalue weighted by Crippen LogP contribution is -2.18. The van der Waals surface area contributed by atoms with Crippen molar-refractivity contribution in [2.45, 2.75) is 46.6 Å². The second-order valence-electron chi connectivity index (χ2n) is 6.55. The van der Waals surface area contributed by atoms with Gasteiger partial charge in [-0.1, -0.05) is 20.8 Å². The maximum Gasteiger partial charge on any atom is 0.283 e. The van der Waals surface area contributed by atoms with Gasteiger partial charge in [0.15, 0.2) is 4.80 Å². The average Bonchev–Trinajstić information content (AvgIpc) is 2.82. The molecule has 4 nitrogen and oxygen atoms in total. The van der Waals surface area contributed by atoms with E-state index in [0.29, 0.717) is 17.1 Å². The summed E-state index contributed by atoms with van der Waals surface area (Å²) in [5.74, 6) is -0.678. The Hall–Kier alpha value is -1.95. The molecular formula is C18H23FN2O2S. The summed E-state index contributed by atoms with van der Waals surface area (Å²) < 4.78 is 20.7. The summed E-state index contributed by atoms with van der Waals surface area (Å²) in [6.45, 7) is 11.2. The zero-order chi connectivity index (χ0) is 18.1. The Morgan fingerprint density at radius 2 is 2.04 bits per heavy atom. The highest BCUT2D eigenvalue weighted by Crippen LogP contribution is 2.28. The normalized spacial score (nSPS) is 12.5. The number of carbonyl (C=O) groups excluding carboxylic acids is 1. The Kier molecular flexibility index (Phi) is 5.28. The summed E-state index contributed by atoms with van der Waals surface area (Å²) >= 11 is 1.50. The Morgan fingerprint density at radius 1 is 1.38 bits per heavy atom. The van der Waals surface area contributed by atoms with Gasteiger partial charge in [0.1, 0.15) is 11.6 Å². The maximum absolute atomic E-state index is 13.5. The van der Waals surface area contributed by atoms with Crippen molar-refractivity contribution in [3.05, 3.63) is 45.0 Å². The molecular weight excluding hydrogens is 327 g/mol. The summed E-state index contributed by atoms with van der Waals surface area (Å²) in [7, 11) is 1.45. The fourth-order valence-electron chi connectivity index (χ4n) is 2.63. The standard InChI is InChI=1S/C18H23FN2O2S/c1-7-21-11(2)15(18(3,4)5)24-17(21)20-16(22)13-10-12(19)8-9-14(13)23-6/h8-10H,7H2,1-6H3/b20-17-. The van der Waals surface area contributed by atoms with Crippen LogP contribution in [0.4, 0.5) is 4.39 Å². The molecule has 0 unspecified atom stereocenters. The van der Waals surface area contributed by atoms with E-state index < -0.39 is 11.7 Å². The van der Waals surface area contributed by atoms with Crippen molar-refractivity contribution in [3.8, 4) is 5.75 Å². The van der Waals surface area contributed by atoms with E-state index in [1.54, 1.807) is 0 Å². The fourth-order valence-corrected chi connectivity index (χ4v) is 3.88. The molecule has 1 amide bonds. The van der Waals surface area contributed by atoms with Crippen molar-refractivity contribution >= 4 is 17.2 Å². The fraction of sp³-hybridized carbons (Fsp3) is 0.444. The van der Waals surface area contributed by atoms with Crippen LogP contribution in [0.15, 0.2) is 23.2 Å². The van der Waals surface area contributed by atoms with Gasteiger partial charge < -0.3 is 9.30 Å². The Balaban J connectivity index is 2.60. The van der Waals surface area contributed by atoms with Crippen molar-refractivity contribution in [1.82, 2.24) is 4.57 Å². The number of ether oxygens (including phenoxy) is 1. The van der Waals surface area contributed by atoms with Gasteiger partial charge >= 0.3 is 0 Å². The molecule has 1 heterocycles. The van der Waals surface area contributed by atoms with Crippen molar-refractivity contribution in [3.63, 3.8) is 0 Å². The predicted molar refractivity (Wildman–Crippen MR) is 94.3 cm³/mol. The van der Waals surface area contributed by atoms with Gasteiger partial charge in [0, 0.05) is 17.1 Å². The van der Waals surface area contributed by atoms with E-state index in [-0.39, 0.29) is 11.0 Å². The van der Waals surface area contributed by atoms with E-state index in [1.165, 1.54) is 35.5 Å². The van der Waals surface area contributed by atoms with E-state index in [9.17, 15) is 9.18 Å². The smallest absolute Gasteiger partial charge is 0.283 e. The Bertz CT molecular complexity index is 829. The molecule has 1 aromatic carbocycles. The van der Waals surface area contributed by atoms with Crippen LogP contribution in [0, 0.1) is 12.7 Å². The number of methoxy groups -OCH3 is 1. The molecule has 0 spiro atoms. The van der Waals surface area contributed by atoms with Crippen LogP contribution in [-0.4, -0.2) is 17.6 Å². The average molecular weight is 350 g/mol. The number of carbonyl (C=O) groups is 1. The van der Waals surface area contributed by atoms with Crippen LogP contribution >= 0.6 is 11.3 Å². The number of amides is 1. The van der Waals surface area contributed by atoms with Gasteiger partial charge in [-0.25, -0.2) is 4.39 Å². The minimum Gasteiger partial charge on any atom is -0.496 e. The van der Waals surface area contributed by atoms with E-state index in [2.05, 4.69) is 25.8 Å². The quantitative estimate of drug-likeness (QED) is 0.838. The van der Waals surface area contributed by atoms with Gasteiger partial charge in [-0.3, -0.25) is 4.79 Å². The summed E-state index contributed by atoms with van der Waals surface area (Å²) in [5, 5.41) is 0. The van der Waals surface area contributed by atoms with Crippen LogP contribution in [0.3, 0.4) is 0 Å². The van der Waals surface area contributed by atoms with Crippen LogP contribution in [0.5, 0.6) is 5.75 Å². The van der Waals surface area contributed by atoms with Gasteiger partial charge in [-0.2, -0.15) is 4.99 Å². The highest BCUT2D eigenvalue weighted by Gasteiger charge is 2.22. The van der Waals surface area contributed by atoms with Crippen molar-refractivity contribution in [2.24, 2.45) is 4.99 Å². The summed E-state index contributed by atoms with van der Waals surface area (Å²) in [6, 6.07) is 3.85. The number of halogens is 1. The van der Waals surface area contributed by atoms with Crippen molar-refractivity contribution in [2.75, 3.05) is 7.11 Å². The third-order valence-electron chi connectivity index (χ3n) is 3.74. The summed E-state index contributed by atoms with van der Waals surface area (Å²) in [6.07, 6.45) is 0. The molecule has 0 fully saturated rings. The lowest BCUT2D eigenvalue weighted by atomic mass is 9.93. The molecule has 0 radical (unpaired) electrons. The summed E-state index contributed by atoms with van der Waals surface area (Å²) in [4.78, 5) is 18.6. The monoisotopic (exact) mass is 350 g/mol. The molecule has 1 aromatic heterocycles. The Labute approximate surface area is 145 Å². The molecule has 6 heteroatoms. The third kappa shape index (κ3) is 3.59. The lowest BCUT2D eigenvalue weighted by Gasteiger charge is -2.17. The number of aromatic nitrogens is 1. The highest BCUT2D eigenvalue weighted by atomic mass is 32.1. The van der Waals surface area contributed by atoms with Crippen LogP contribution < -0.4 is 9.54 Å². The van der Waals surface area contributed by atoms with Gasteiger partial charge in [-0.15, -0.1) is 11.3 Å². The zero-order valence-corrected chi connectivity index (χ0v) is 15.8. The van der Waals surface area contributed by atoms with E-state index in [4.69, 9.17) is 4.74 Å². The number of nitrogens with zero attached hydrogens (tertiary/aromatic N) is 2. The first kappa shape index (κ1) is 18.4. The zero-order valence-electron chi connectivity index (χ0n) is 14.9. The van der Waals surface area contributed by atoms with E-state index >= 15 is 0 Å². The molecule has 2 rings (SSSR count). The number of rotatable bonds is 3. The number of benzene rings is 1. The largest absolute Gasteiger partial charge is 0.496 e. The number of hydrogen-bond donors (Lipinski definition) is 0. The second kappa shape index (κ2) is 6.89. The van der Waals surface area contributed by atoms with E-state index in [1.807, 2.05) is 18.4 Å². The van der Waals surface area contributed by atoms with Crippen LogP contribution in [0.25, 0.3) is 0 Å². The van der Waals surface area contributed by atoms with Gasteiger partial charge in [0.25, 0.3) is 5.91 Å². The topological polar surface area (TPSA) is 43.6 Å². The molecule has 0 aliphatic rings. The van der Waals surface area contributed by atoms with Gasteiger partial charge in [0.2, 0.25) is 0 Å². The van der Waals surface area contributed by atoms with Crippen molar-refractivity contribution in [1.29, 1.82) is 0 Å². The highest BCUT2D eigenvalue weighted by molar-refractivity contribution is 7.09. The molecule has 0 atom stereocenters. The second-order valence-corrected chi connectivity index (χ2v) is 7.53. The number of hydrogen-bond acceptors (Lipinski definition) is 3. The molecule has 0 aliphatic carbocycles. The maximum atomic E-state index is 13.5. The minimum atomic E-state index is -0.504. The molecule has 24 heavy (non-hydrogen) atoms. The van der Waals surface area contributed by atoms with E-state index in [0.717, 1.165) is 11.8 Å². The third-order valence-corrected chi connectivity index (χ3v) is 5.35. The van der Waals surface area contributed by atoms with Gasteiger partial charge in [0.05, 0.1) is 12.7 Å². The van der Waals surface area contributed by atoms with Crippen LogP contribution in [-0.2, 0) is 12.0 Å². The molecule has 0 saturated carbocycles. The first-order valence-corrected chi connectivity index (χ1v) is 8.64. The van der Waals surface area contributed by atoms with Crippen LogP contribution in [0.2, 0.25) is 0 Å². The summed E-state index contributed by atoms with van der Waals surface area (Å²) in [5.41, 5.74) is 1.20. The molecule has 130 valence electrons.